The average molecular weight is 962 g/mol. The Kier molecular flexibility index (Phi) is 7.91. The largest absolute Gasteiger partial charge is 0.0688 e. The third-order valence-electron chi connectivity index (χ3n) is 5.92. The fourth-order valence-electron chi connectivity index (χ4n) is 4.66. The summed E-state index contributed by atoms with van der Waals surface area (Å²) in [6.45, 7) is 0. The first-order chi connectivity index (χ1) is 16.2. The van der Waals surface area contributed by atoms with E-state index in [-0.39, 0.29) is 0 Å². The Morgan fingerprint density at radius 1 is 0.324 bits per heavy atom. The van der Waals surface area contributed by atoms with Crippen molar-refractivity contribution in [3.05, 3.63) is 81.5 Å². The van der Waals surface area contributed by atoms with Crippen molar-refractivity contribution in [3.8, 4) is 0 Å². The first kappa shape index (κ1) is 26.1. The zero-order valence-electron chi connectivity index (χ0n) is 16.8. The second kappa shape index (κ2) is 10.3. The van der Waals surface area contributed by atoms with Gasteiger partial charge in [-0.25, -0.2) is 0 Å². The van der Waals surface area contributed by atoms with Gasteiger partial charge in [0.05, 0.1) is 13.6 Å². The average Bonchev–Trinajstić information content (AvgIpc) is 2.78. The van der Waals surface area contributed by atoms with Gasteiger partial charge in [-0.05, 0) is 183 Å². The van der Waals surface area contributed by atoms with Gasteiger partial charge in [-0.2, -0.15) is 0 Å². The van der Waals surface area contributed by atoms with Gasteiger partial charge in [0.15, 0.2) is 0 Å². The van der Waals surface area contributed by atoms with E-state index >= 15 is 0 Å². The number of halogens is 8. The predicted molar refractivity (Wildman–Crippen MR) is 180 cm³/mol. The Morgan fingerprint density at radius 3 is 0.706 bits per heavy atom. The third kappa shape index (κ3) is 4.30. The van der Waals surface area contributed by atoms with Crippen LogP contribution in [0.5, 0.6) is 0 Å². The van der Waals surface area contributed by atoms with E-state index in [2.05, 4.69) is 188 Å². The van der Waals surface area contributed by atoms with E-state index in [1.165, 1.54) is 0 Å². The maximum atomic E-state index is 3.74. The van der Waals surface area contributed by atoms with E-state index < -0.39 is 0 Å². The van der Waals surface area contributed by atoms with Gasteiger partial charge in [-0.3, -0.25) is 0 Å². The maximum absolute atomic E-state index is 3.74. The van der Waals surface area contributed by atoms with Crippen LogP contribution >= 0.6 is 127 Å². The molecule has 0 aliphatic heterocycles. The summed E-state index contributed by atoms with van der Waals surface area (Å²) in [5, 5.41) is 13.6. The first-order valence-electron chi connectivity index (χ1n) is 9.82. The molecular weight excluding hydrogens is 952 g/mol. The van der Waals surface area contributed by atoms with Crippen LogP contribution in [-0.4, -0.2) is 0 Å². The van der Waals surface area contributed by atoms with Gasteiger partial charge in [0.25, 0.3) is 0 Å². The summed E-state index contributed by atoms with van der Waals surface area (Å²) in [7, 11) is 0. The first-order valence-corrected chi connectivity index (χ1v) is 16.2. The minimum atomic E-state index is 0.912. The van der Waals surface area contributed by atoms with Crippen LogP contribution in [0, 0.1) is 0 Å². The van der Waals surface area contributed by atoms with E-state index in [1.807, 2.05) is 0 Å². The summed E-state index contributed by atoms with van der Waals surface area (Å²) >= 11 is 29.9. The molecule has 0 saturated carbocycles. The topological polar surface area (TPSA) is 0 Å². The summed E-state index contributed by atoms with van der Waals surface area (Å²) in [6.07, 6.45) is 0. The van der Waals surface area contributed by atoms with Crippen molar-refractivity contribution in [2.24, 2.45) is 0 Å². The second-order valence-corrected chi connectivity index (χ2v) is 18.2. The van der Waals surface area contributed by atoms with Crippen molar-refractivity contribution < 1.29 is 0 Å². The molecule has 0 saturated heterocycles. The minimum absolute atomic E-state index is 0.912. The lowest BCUT2D eigenvalue weighted by Gasteiger charge is -2.13. The molecule has 34 heavy (non-hydrogen) atoms. The Morgan fingerprint density at radius 2 is 0.529 bits per heavy atom. The van der Waals surface area contributed by atoms with Crippen LogP contribution in [0.25, 0.3) is 56.7 Å². The fraction of sp³-hybridized carbons (Fsp3) is 0. The van der Waals surface area contributed by atoms with Crippen LogP contribution < -0.4 is 20.9 Å². The highest BCUT2D eigenvalue weighted by Gasteiger charge is 2.15. The van der Waals surface area contributed by atoms with Crippen molar-refractivity contribution >= 4 is 184 Å². The number of rotatable bonds is 0. The molecule has 0 bridgehead atoms. The van der Waals surface area contributed by atoms with Crippen LogP contribution in [0.3, 0.4) is 0 Å². The Hall–Kier alpha value is 0.460. The third-order valence-corrected chi connectivity index (χ3v) is 9.09. The standard InChI is InChI=1S/C26H10Br8/c27-23(28)19-11-5-1-2-6-12(11)20(24(29)30)16-10-18-17(9-15(16)19)21(25(31)32)13-7-3-4-8-14(13)22(18)26(33)34/h1-10H. The molecule has 0 spiro atoms. The molecule has 0 nitrogen and oxygen atoms in total. The van der Waals surface area contributed by atoms with Gasteiger partial charge in [0.1, 0.15) is 0 Å². The van der Waals surface area contributed by atoms with Gasteiger partial charge in [0, 0.05) is 20.9 Å². The lowest BCUT2D eigenvalue weighted by Crippen LogP contribution is -2.20. The van der Waals surface area contributed by atoms with Gasteiger partial charge in [-0.15, -0.1) is 0 Å². The number of hydrogen-bond donors (Lipinski definition) is 0. The van der Waals surface area contributed by atoms with Crippen LogP contribution in [-0.2, 0) is 0 Å². The maximum Gasteiger partial charge on any atom is 0.0688 e. The monoisotopic (exact) mass is 953 g/mol. The molecule has 0 unspecified atom stereocenters. The van der Waals surface area contributed by atoms with E-state index in [0.717, 1.165) is 77.5 Å². The number of benzene rings is 5. The highest BCUT2D eigenvalue weighted by molar-refractivity contribution is 9.34. The molecule has 0 aliphatic rings. The van der Waals surface area contributed by atoms with Crippen molar-refractivity contribution in [1.82, 2.24) is 0 Å². The van der Waals surface area contributed by atoms with Gasteiger partial charge in [0.2, 0.25) is 0 Å². The quantitative estimate of drug-likeness (QED) is 0.136. The fourth-order valence-corrected chi connectivity index (χ4v) is 8.08. The molecule has 5 rings (SSSR count). The zero-order chi connectivity index (χ0) is 24.3. The number of hydrogen-bond acceptors (Lipinski definition) is 0. The summed E-state index contributed by atoms with van der Waals surface area (Å²) in [5.41, 5.74) is 0. The molecule has 5 aromatic rings. The summed E-state index contributed by atoms with van der Waals surface area (Å²) in [5.74, 6) is 0. The molecule has 0 fully saturated rings. The van der Waals surface area contributed by atoms with Crippen molar-refractivity contribution in [3.63, 3.8) is 0 Å². The smallest absolute Gasteiger partial charge is 0.0616 e. The molecule has 0 atom stereocenters. The van der Waals surface area contributed by atoms with Crippen molar-refractivity contribution in [2.75, 3.05) is 0 Å². The normalized spacial score (nSPS) is 11.5. The lowest BCUT2D eigenvalue weighted by molar-refractivity contribution is 1.68. The van der Waals surface area contributed by atoms with Crippen molar-refractivity contribution in [2.45, 2.75) is 0 Å². The van der Waals surface area contributed by atoms with E-state index in [0.29, 0.717) is 0 Å². The van der Waals surface area contributed by atoms with Gasteiger partial charge < -0.3 is 0 Å². The van der Waals surface area contributed by atoms with Gasteiger partial charge >= 0.3 is 0 Å². The van der Waals surface area contributed by atoms with Crippen molar-refractivity contribution in [1.29, 1.82) is 0 Å². The summed E-state index contributed by atoms with van der Waals surface area (Å²) in [6, 6.07) is 21.5. The van der Waals surface area contributed by atoms with Crippen LogP contribution in [0.1, 0.15) is 0 Å². The SMILES string of the molecule is BrC(Br)=c1c2ccccc2c(=C(Br)Br)c2cc3c(=C(Br)Br)c4ccccc4c(=C(Br)Br)c3cc12. The van der Waals surface area contributed by atoms with E-state index in [9.17, 15) is 0 Å². The van der Waals surface area contributed by atoms with Crippen LogP contribution in [0.4, 0.5) is 0 Å². The molecule has 0 heterocycles. The molecule has 0 aliphatic carbocycles. The summed E-state index contributed by atoms with van der Waals surface area (Å²) in [4.78, 5) is 0. The molecule has 8 heteroatoms. The van der Waals surface area contributed by atoms with Crippen LogP contribution in [0.2, 0.25) is 0 Å². The molecule has 0 N–H and O–H groups in total. The predicted octanol–water partition coefficient (Wildman–Crippen LogP) is 9.72. The zero-order valence-corrected chi connectivity index (χ0v) is 29.5. The lowest BCUT2D eigenvalue weighted by atomic mass is 9.93. The molecular formula is C26H10Br8. The van der Waals surface area contributed by atoms with Crippen LogP contribution in [0.15, 0.2) is 60.7 Å². The van der Waals surface area contributed by atoms with Gasteiger partial charge in [-0.1, -0.05) is 48.5 Å². The molecule has 0 amide bonds. The Balaban J connectivity index is 2.33. The minimum Gasteiger partial charge on any atom is -0.0616 e. The molecule has 5 aromatic carbocycles. The highest BCUT2D eigenvalue weighted by atomic mass is 79.9. The highest BCUT2D eigenvalue weighted by Crippen LogP contribution is 2.29. The molecule has 170 valence electrons. The summed E-state index contributed by atoms with van der Waals surface area (Å²) < 4.78 is 3.65. The Bertz CT molecular complexity index is 1640. The van der Waals surface area contributed by atoms with E-state index in [4.69, 9.17) is 0 Å². The number of fused-ring (bicyclic) bond motifs is 4. The molecule has 0 radical (unpaired) electrons. The Labute approximate surface area is 262 Å². The van der Waals surface area contributed by atoms with E-state index in [1.54, 1.807) is 0 Å². The molecule has 0 aromatic heterocycles. The second-order valence-electron chi connectivity index (χ2n) is 7.58.